The molecule has 122 valence electrons. The van der Waals surface area contributed by atoms with Crippen LogP contribution >= 0.6 is 0 Å². The molecule has 2 aromatic rings. The molecule has 4 rings (SSSR count). The van der Waals surface area contributed by atoms with Gasteiger partial charge in [0.1, 0.15) is 5.52 Å². The molecule has 1 aromatic heterocycles. The Morgan fingerprint density at radius 3 is 2.83 bits per heavy atom. The molecule has 0 radical (unpaired) electrons. The number of nitrogens with zero attached hydrogens (tertiary/aromatic N) is 3. The Kier molecular flexibility index (Phi) is 3.71. The minimum absolute atomic E-state index is 0.275. The van der Waals surface area contributed by atoms with E-state index >= 15 is 0 Å². The normalized spacial score (nSPS) is 24.7. The minimum Gasteiger partial charge on any atom is -0.423 e. The number of benzene rings is 1. The van der Waals surface area contributed by atoms with Gasteiger partial charge in [-0.3, -0.25) is 4.79 Å². The maximum atomic E-state index is 12.2. The van der Waals surface area contributed by atoms with Crippen LogP contribution in [0.5, 0.6) is 0 Å². The molecular weight excluding hydrogens is 290 g/mol. The summed E-state index contributed by atoms with van der Waals surface area (Å²) in [5.41, 5.74) is 1.74. The summed E-state index contributed by atoms with van der Waals surface area (Å²) in [5, 5.41) is 0. The number of aromatic nitrogens is 1. The number of likely N-dealkylation sites (tertiary alicyclic amines) is 1. The van der Waals surface area contributed by atoms with Crippen molar-refractivity contribution in [3.05, 3.63) is 24.3 Å². The number of fused-ring (bicyclic) bond motifs is 1. The van der Waals surface area contributed by atoms with Crippen LogP contribution in [0.2, 0.25) is 0 Å². The van der Waals surface area contributed by atoms with Crippen molar-refractivity contribution in [3.63, 3.8) is 0 Å². The lowest BCUT2D eigenvalue weighted by Crippen LogP contribution is -2.48. The topological polar surface area (TPSA) is 49.6 Å². The summed E-state index contributed by atoms with van der Waals surface area (Å²) >= 11 is 0. The highest BCUT2D eigenvalue weighted by molar-refractivity contribution is 5.77. The molecule has 2 aliphatic heterocycles. The van der Waals surface area contributed by atoms with Gasteiger partial charge in [-0.15, -0.1) is 0 Å². The Bertz CT molecular complexity index is 678. The second-order valence-corrected chi connectivity index (χ2v) is 6.52. The molecule has 2 saturated heterocycles. The summed E-state index contributed by atoms with van der Waals surface area (Å²) < 4.78 is 5.98. The number of carbonyl (C=O) groups excluding carboxylic acids is 1. The van der Waals surface area contributed by atoms with Crippen LogP contribution in [0.25, 0.3) is 11.1 Å². The van der Waals surface area contributed by atoms with Gasteiger partial charge in [0.15, 0.2) is 5.58 Å². The first-order valence-electron chi connectivity index (χ1n) is 8.69. The molecule has 0 spiro atoms. The quantitative estimate of drug-likeness (QED) is 0.873. The fourth-order valence-electron chi connectivity index (χ4n) is 4.12. The molecule has 3 heterocycles. The first-order valence-corrected chi connectivity index (χ1v) is 8.69. The molecule has 0 bridgehead atoms. The van der Waals surface area contributed by atoms with Crippen molar-refractivity contribution in [3.8, 4) is 0 Å². The van der Waals surface area contributed by atoms with Crippen LogP contribution in [-0.2, 0) is 4.79 Å². The van der Waals surface area contributed by atoms with E-state index in [-0.39, 0.29) is 5.91 Å². The standard InChI is InChI=1S/C18H23N3O2/c1-2-17(22)20-11-5-8-14(20)15-9-6-12-21(15)18-19-13-7-3-4-10-16(13)23-18/h3-4,7,10,14-15H,2,5-6,8-9,11-12H2,1H3/t14-,15+/m1/s1. The number of anilines is 1. The molecule has 1 aromatic carbocycles. The van der Waals surface area contributed by atoms with E-state index in [1.54, 1.807) is 0 Å². The van der Waals surface area contributed by atoms with Crippen molar-refractivity contribution in [1.82, 2.24) is 9.88 Å². The van der Waals surface area contributed by atoms with Crippen LogP contribution in [-0.4, -0.2) is 41.0 Å². The van der Waals surface area contributed by atoms with E-state index in [1.165, 1.54) is 0 Å². The van der Waals surface area contributed by atoms with Gasteiger partial charge in [-0.2, -0.15) is 4.98 Å². The van der Waals surface area contributed by atoms with Crippen molar-refractivity contribution in [2.75, 3.05) is 18.0 Å². The van der Waals surface area contributed by atoms with E-state index in [0.29, 0.717) is 24.5 Å². The number of carbonyl (C=O) groups is 1. The number of hydrogen-bond donors (Lipinski definition) is 0. The van der Waals surface area contributed by atoms with E-state index in [1.807, 2.05) is 31.2 Å². The molecule has 0 saturated carbocycles. The SMILES string of the molecule is CCC(=O)N1CCC[C@@H]1[C@@H]1CCCN1c1nc2ccccc2o1. The Balaban J connectivity index is 1.62. The van der Waals surface area contributed by atoms with Crippen molar-refractivity contribution in [2.45, 2.75) is 51.1 Å². The summed E-state index contributed by atoms with van der Waals surface area (Å²) in [7, 11) is 0. The molecule has 23 heavy (non-hydrogen) atoms. The van der Waals surface area contributed by atoms with Crippen LogP contribution < -0.4 is 4.90 Å². The van der Waals surface area contributed by atoms with E-state index in [9.17, 15) is 4.79 Å². The Morgan fingerprint density at radius 2 is 2.00 bits per heavy atom. The van der Waals surface area contributed by atoms with Crippen molar-refractivity contribution in [1.29, 1.82) is 0 Å². The van der Waals surface area contributed by atoms with E-state index in [2.05, 4.69) is 14.8 Å². The lowest BCUT2D eigenvalue weighted by Gasteiger charge is -2.34. The van der Waals surface area contributed by atoms with Crippen LogP contribution in [0.15, 0.2) is 28.7 Å². The van der Waals surface area contributed by atoms with Crippen molar-refractivity contribution < 1.29 is 9.21 Å². The number of amides is 1. The van der Waals surface area contributed by atoms with Gasteiger partial charge in [0.05, 0.1) is 12.1 Å². The van der Waals surface area contributed by atoms with Crippen LogP contribution in [0.4, 0.5) is 6.01 Å². The second-order valence-electron chi connectivity index (χ2n) is 6.52. The smallest absolute Gasteiger partial charge is 0.298 e. The summed E-state index contributed by atoms with van der Waals surface area (Å²) in [5.74, 6) is 0.275. The lowest BCUT2D eigenvalue weighted by atomic mass is 10.0. The fourth-order valence-corrected chi connectivity index (χ4v) is 4.12. The summed E-state index contributed by atoms with van der Waals surface area (Å²) in [4.78, 5) is 21.3. The average Bonchev–Trinajstić information content (AvgIpc) is 3.29. The van der Waals surface area contributed by atoms with Gasteiger partial charge in [-0.25, -0.2) is 0 Å². The zero-order valence-electron chi connectivity index (χ0n) is 13.6. The second kappa shape index (κ2) is 5.87. The van der Waals surface area contributed by atoms with Gasteiger partial charge in [-0.1, -0.05) is 19.1 Å². The molecule has 0 N–H and O–H groups in total. The molecule has 5 nitrogen and oxygen atoms in total. The summed E-state index contributed by atoms with van der Waals surface area (Å²) in [6.07, 6.45) is 5.03. The van der Waals surface area contributed by atoms with Crippen LogP contribution in [0.3, 0.4) is 0 Å². The molecule has 5 heteroatoms. The predicted molar refractivity (Wildman–Crippen MR) is 89.4 cm³/mol. The Labute approximate surface area is 136 Å². The minimum atomic E-state index is 0.275. The predicted octanol–water partition coefficient (Wildman–Crippen LogP) is 3.20. The molecular formula is C18H23N3O2. The molecule has 2 aliphatic rings. The largest absolute Gasteiger partial charge is 0.423 e. The Morgan fingerprint density at radius 1 is 1.22 bits per heavy atom. The highest BCUT2D eigenvalue weighted by Crippen LogP contribution is 2.34. The van der Waals surface area contributed by atoms with Gasteiger partial charge in [0.2, 0.25) is 5.91 Å². The first-order chi connectivity index (χ1) is 11.3. The number of hydrogen-bond acceptors (Lipinski definition) is 4. The third-order valence-corrected chi connectivity index (χ3v) is 5.19. The zero-order chi connectivity index (χ0) is 15.8. The highest BCUT2D eigenvalue weighted by Gasteiger charge is 2.40. The summed E-state index contributed by atoms with van der Waals surface area (Å²) in [6.45, 7) is 3.81. The van der Waals surface area contributed by atoms with Crippen molar-refractivity contribution in [2.24, 2.45) is 0 Å². The van der Waals surface area contributed by atoms with E-state index < -0.39 is 0 Å². The zero-order valence-corrected chi connectivity index (χ0v) is 13.6. The first kappa shape index (κ1) is 14.5. The molecule has 2 atom stereocenters. The van der Waals surface area contributed by atoms with Gasteiger partial charge >= 0.3 is 0 Å². The maximum Gasteiger partial charge on any atom is 0.298 e. The van der Waals surface area contributed by atoms with Gasteiger partial charge < -0.3 is 14.2 Å². The summed E-state index contributed by atoms with van der Waals surface area (Å²) in [6, 6.07) is 9.24. The van der Waals surface area contributed by atoms with E-state index in [0.717, 1.165) is 49.9 Å². The third-order valence-electron chi connectivity index (χ3n) is 5.19. The average molecular weight is 313 g/mol. The monoisotopic (exact) mass is 313 g/mol. The highest BCUT2D eigenvalue weighted by atomic mass is 16.4. The molecule has 0 aliphatic carbocycles. The van der Waals surface area contributed by atoms with Crippen molar-refractivity contribution >= 4 is 23.0 Å². The number of para-hydroxylation sites is 2. The van der Waals surface area contributed by atoms with Gasteiger partial charge in [-0.05, 0) is 37.8 Å². The van der Waals surface area contributed by atoms with Gasteiger partial charge in [0.25, 0.3) is 6.01 Å². The van der Waals surface area contributed by atoms with Gasteiger partial charge in [0, 0.05) is 19.5 Å². The molecule has 0 unspecified atom stereocenters. The molecule has 2 fully saturated rings. The fraction of sp³-hybridized carbons (Fsp3) is 0.556. The molecule has 1 amide bonds. The number of oxazole rings is 1. The van der Waals surface area contributed by atoms with Crippen LogP contribution in [0.1, 0.15) is 39.0 Å². The maximum absolute atomic E-state index is 12.2. The van der Waals surface area contributed by atoms with Crippen LogP contribution in [0, 0.1) is 0 Å². The third kappa shape index (κ3) is 2.48. The number of rotatable bonds is 3. The Hall–Kier alpha value is -2.04. The van der Waals surface area contributed by atoms with E-state index in [4.69, 9.17) is 4.42 Å². The lowest BCUT2D eigenvalue weighted by molar-refractivity contribution is -0.132.